The van der Waals surface area contributed by atoms with Crippen LogP contribution in [0, 0.1) is 11.3 Å². The molecule has 160 valence electrons. The quantitative estimate of drug-likeness (QED) is 0.542. The zero-order valence-electron chi connectivity index (χ0n) is 17.9. The molecule has 8 heteroatoms. The van der Waals surface area contributed by atoms with Crippen LogP contribution >= 0.6 is 0 Å². The third-order valence-corrected chi connectivity index (χ3v) is 6.86. The summed E-state index contributed by atoms with van der Waals surface area (Å²) in [6.07, 6.45) is 13.7. The van der Waals surface area contributed by atoms with Crippen LogP contribution in [0.1, 0.15) is 31.2 Å². The molecule has 0 saturated carbocycles. The summed E-state index contributed by atoms with van der Waals surface area (Å²) in [5, 5.41) is 18.4. The number of piperidine rings is 1. The van der Waals surface area contributed by atoms with Gasteiger partial charge in [-0.25, -0.2) is 9.50 Å². The van der Waals surface area contributed by atoms with E-state index in [1.807, 2.05) is 31.8 Å². The highest BCUT2D eigenvalue weighted by atomic mass is 15.3. The van der Waals surface area contributed by atoms with Crippen molar-refractivity contribution >= 4 is 11.3 Å². The SMILES string of the molecule is Cn1cc(-c2cc(-c3ccc(N4C5CC[C@@H]4CC(N)C5)nc3)c3c(C#N)cnn3c2)cn1. The van der Waals surface area contributed by atoms with Gasteiger partial charge < -0.3 is 10.6 Å². The van der Waals surface area contributed by atoms with Crippen molar-refractivity contribution in [2.24, 2.45) is 12.8 Å². The third kappa shape index (κ3) is 2.97. The van der Waals surface area contributed by atoms with Crippen molar-refractivity contribution in [3.8, 4) is 28.3 Å². The lowest BCUT2D eigenvalue weighted by Gasteiger charge is -2.38. The highest BCUT2D eigenvalue weighted by molar-refractivity contribution is 5.87. The molecule has 4 aromatic heterocycles. The fourth-order valence-electron chi connectivity index (χ4n) is 5.44. The Labute approximate surface area is 185 Å². The van der Waals surface area contributed by atoms with Crippen LogP contribution in [0.5, 0.6) is 0 Å². The Hall–Kier alpha value is -3.70. The molecule has 2 unspecified atom stereocenters. The molecule has 2 aliphatic heterocycles. The molecule has 32 heavy (non-hydrogen) atoms. The second-order valence-electron chi connectivity index (χ2n) is 8.94. The number of hydrogen-bond acceptors (Lipinski definition) is 6. The lowest BCUT2D eigenvalue weighted by molar-refractivity contribution is 0.412. The Morgan fingerprint density at radius 2 is 1.81 bits per heavy atom. The number of aromatic nitrogens is 5. The maximum Gasteiger partial charge on any atom is 0.129 e. The van der Waals surface area contributed by atoms with Gasteiger partial charge in [0.15, 0.2) is 0 Å². The molecule has 6 heterocycles. The predicted molar refractivity (Wildman–Crippen MR) is 122 cm³/mol. The van der Waals surface area contributed by atoms with Crippen molar-refractivity contribution in [3.63, 3.8) is 0 Å². The predicted octanol–water partition coefficient (Wildman–Crippen LogP) is 3.13. The summed E-state index contributed by atoms with van der Waals surface area (Å²) in [7, 11) is 1.90. The van der Waals surface area contributed by atoms with Crippen molar-refractivity contribution in [2.45, 2.75) is 43.8 Å². The fourth-order valence-corrected chi connectivity index (χ4v) is 5.44. The molecule has 0 aliphatic carbocycles. The first kappa shape index (κ1) is 19.0. The van der Waals surface area contributed by atoms with Crippen molar-refractivity contribution < 1.29 is 0 Å². The molecule has 0 radical (unpaired) electrons. The Balaban J connectivity index is 1.43. The molecular weight excluding hydrogens is 400 g/mol. The molecule has 2 N–H and O–H groups in total. The Morgan fingerprint density at radius 3 is 2.47 bits per heavy atom. The first-order valence-corrected chi connectivity index (χ1v) is 11.0. The molecule has 6 rings (SSSR count). The van der Waals surface area contributed by atoms with Gasteiger partial charge in [0.1, 0.15) is 11.9 Å². The van der Waals surface area contributed by atoms with Gasteiger partial charge in [-0.05, 0) is 43.9 Å². The summed E-state index contributed by atoms with van der Waals surface area (Å²) >= 11 is 0. The Morgan fingerprint density at radius 1 is 1.00 bits per heavy atom. The highest BCUT2D eigenvalue weighted by Gasteiger charge is 2.40. The summed E-state index contributed by atoms with van der Waals surface area (Å²) < 4.78 is 3.55. The number of nitrogens with zero attached hydrogens (tertiary/aromatic N) is 7. The zero-order valence-corrected chi connectivity index (χ0v) is 17.9. The molecule has 0 aromatic carbocycles. The minimum Gasteiger partial charge on any atom is -0.351 e. The Kier molecular flexibility index (Phi) is 4.26. The van der Waals surface area contributed by atoms with Crippen molar-refractivity contribution in [3.05, 3.63) is 54.7 Å². The number of aryl methyl sites for hydroxylation is 1. The van der Waals surface area contributed by atoms with Crippen molar-refractivity contribution in [1.82, 2.24) is 24.4 Å². The summed E-state index contributed by atoms with van der Waals surface area (Å²) in [6, 6.07) is 9.85. The van der Waals surface area contributed by atoms with Gasteiger partial charge in [0.05, 0.1) is 23.5 Å². The maximum atomic E-state index is 9.64. The number of nitrogens with two attached hydrogens (primary N) is 1. The van der Waals surface area contributed by atoms with E-state index in [9.17, 15) is 5.26 Å². The van der Waals surface area contributed by atoms with E-state index in [2.05, 4.69) is 39.4 Å². The summed E-state index contributed by atoms with van der Waals surface area (Å²) in [5.74, 6) is 1.02. The lowest BCUT2D eigenvalue weighted by Crippen LogP contribution is -2.47. The van der Waals surface area contributed by atoms with Gasteiger partial charge in [-0.1, -0.05) is 0 Å². The number of pyridine rings is 2. The monoisotopic (exact) mass is 424 g/mol. The van der Waals surface area contributed by atoms with E-state index in [1.54, 1.807) is 15.4 Å². The van der Waals surface area contributed by atoms with Crippen LogP contribution in [0.25, 0.3) is 27.8 Å². The normalized spacial score (nSPS) is 22.4. The molecule has 0 amide bonds. The van der Waals surface area contributed by atoms with E-state index in [0.717, 1.165) is 46.4 Å². The number of hydrogen-bond donors (Lipinski definition) is 1. The standard InChI is InChI=1S/C24H24N8/c1-30-13-18(12-28-30)16-6-22(24-17(9-25)11-29-31(24)14-16)15-2-5-23(27-10-15)32-20-3-4-21(32)8-19(26)7-20/h2,5-6,10-14,19-21H,3-4,7-8,26H2,1H3/t19?,20-,21?/m1/s1. The van der Waals surface area contributed by atoms with Gasteiger partial charge in [-0.2, -0.15) is 15.5 Å². The van der Waals surface area contributed by atoms with Gasteiger partial charge in [0.2, 0.25) is 0 Å². The molecule has 8 nitrogen and oxygen atoms in total. The molecule has 0 spiro atoms. The van der Waals surface area contributed by atoms with E-state index in [1.165, 1.54) is 12.8 Å². The largest absolute Gasteiger partial charge is 0.351 e. The van der Waals surface area contributed by atoms with Gasteiger partial charge in [0.25, 0.3) is 0 Å². The van der Waals surface area contributed by atoms with Crippen LogP contribution in [0.4, 0.5) is 5.82 Å². The summed E-state index contributed by atoms with van der Waals surface area (Å²) in [4.78, 5) is 7.32. The number of fused-ring (bicyclic) bond motifs is 3. The molecule has 2 bridgehead atoms. The van der Waals surface area contributed by atoms with E-state index in [0.29, 0.717) is 23.7 Å². The topological polar surface area (TPSA) is 101 Å². The van der Waals surface area contributed by atoms with E-state index in [4.69, 9.17) is 10.7 Å². The molecule has 2 aliphatic rings. The van der Waals surface area contributed by atoms with Crippen LogP contribution in [-0.2, 0) is 7.05 Å². The average Bonchev–Trinajstić information content (AvgIpc) is 3.49. The fraction of sp³-hybridized carbons (Fsp3) is 0.333. The van der Waals surface area contributed by atoms with Crippen LogP contribution in [0.15, 0.2) is 49.2 Å². The zero-order chi connectivity index (χ0) is 21.8. The van der Waals surface area contributed by atoms with Crippen LogP contribution in [-0.4, -0.2) is 42.5 Å². The van der Waals surface area contributed by atoms with Crippen molar-refractivity contribution in [2.75, 3.05) is 4.90 Å². The minimum atomic E-state index is 0.304. The van der Waals surface area contributed by atoms with Gasteiger partial charge in [0, 0.05) is 66.0 Å². The number of nitriles is 1. The molecule has 4 aromatic rings. The van der Waals surface area contributed by atoms with Crippen LogP contribution in [0.2, 0.25) is 0 Å². The lowest BCUT2D eigenvalue weighted by atomic mass is 9.98. The first-order valence-electron chi connectivity index (χ1n) is 11.0. The van der Waals surface area contributed by atoms with E-state index >= 15 is 0 Å². The van der Waals surface area contributed by atoms with Crippen LogP contribution in [0.3, 0.4) is 0 Å². The maximum absolute atomic E-state index is 9.64. The highest BCUT2D eigenvalue weighted by Crippen LogP contribution is 2.39. The summed E-state index contributed by atoms with van der Waals surface area (Å²) in [6.45, 7) is 0. The summed E-state index contributed by atoms with van der Waals surface area (Å²) in [5.41, 5.74) is 11.5. The first-order chi connectivity index (χ1) is 15.6. The van der Waals surface area contributed by atoms with Gasteiger partial charge in [-0.3, -0.25) is 4.68 Å². The smallest absolute Gasteiger partial charge is 0.129 e. The van der Waals surface area contributed by atoms with Gasteiger partial charge >= 0.3 is 0 Å². The Bertz CT molecular complexity index is 1330. The second kappa shape index (κ2) is 7.18. The van der Waals surface area contributed by atoms with E-state index in [-0.39, 0.29) is 0 Å². The second-order valence-corrected chi connectivity index (χ2v) is 8.94. The average molecular weight is 425 g/mol. The number of anilines is 1. The molecule has 2 fully saturated rings. The van der Waals surface area contributed by atoms with E-state index < -0.39 is 0 Å². The van der Waals surface area contributed by atoms with Crippen molar-refractivity contribution in [1.29, 1.82) is 5.26 Å². The number of rotatable bonds is 3. The molecule has 3 atom stereocenters. The molecule has 2 saturated heterocycles. The van der Waals surface area contributed by atoms with Crippen LogP contribution < -0.4 is 10.6 Å². The van der Waals surface area contributed by atoms with Gasteiger partial charge in [-0.15, -0.1) is 0 Å². The minimum absolute atomic E-state index is 0.304. The third-order valence-electron chi connectivity index (χ3n) is 6.86. The molecular formula is C24H24N8.